The maximum atomic E-state index is 12.7. The fraction of sp³-hybridized carbons (Fsp3) is 0.500. The molecule has 6 heteroatoms. The average molecular weight is 359 g/mol. The molecule has 1 atom stereocenters. The molecule has 0 aromatic heterocycles. The molecule has 0 N–H and O–H groups in total. The highest BCUT2D eigenvalue weighted by atomic mass is 16.5. The third-order valence-corrected chi connectivity index (χ3v) is 4.71. The van der Waals surface area contributed by atoms with Gasteiger partial charge in [0.2, 0.25) is 5.91 Å². The molecule has 1 amide bonds. The van der Waals surface area contributed by atoms with Crippen LogP contribution >= 0.6 is 0 Å². The van der Waals surface area contributed by atoms with E-state index in [1.165, 1.54) is 6.92 Å². The minimum Gasteiger partial charge on any atom is -0.496 e. The van der Waals surface area contributed by atoms with Crippen LogP contribution in [0.3, 0.4) is 0 Å². The van der Waals surface area contributed by atoms with Crippen molar-refractivity contribution in [2.45, 2.75) is 33.7 Å². The molecule has 0 bridgehead atoms. The predicted octanol–water partition coefficient (Wildman–Crippen LogP) is 2.96. The highest BCUT2D eigenvalue weighted by Gasteiger charge is 2.42. The molecule has 0 saturated carbocycles. The zero-order chi connectivity index (χ0) is 19.1. The maximum absolute atomic E-state index is 12.7. The van der Waals surface area contributed by atoms with E-state index < -0.39 is 12.0 Å². The van der Waals surface area contributed by atoms with Gasteiger partial charge in [-0.15, -0.1) is 0 Å². The first kappa shape index (κ1) is 18.3. The quantitative estimate of drug-likeness (QED) is 0.777. The summed E-state index contributed by atoms with van der Waals surface area (Å²) in [6, 6.07) is 2.79. The van der Waals surface area contributed by atoms with Crippen molar-refractivity contribution in [3.8, 4) is 11.5 Å². The lowest BCUT2D eigenvalue weighted by Gasteiger charge is -2.37. The number of hydrogen-bond acceptors (Lipinski definition) is 5. The predicted molar refractivity (Wildman–Crippen MR) is 97.0 cm³/mol. The molecule has 6 nitrogen and oxygen atoms in total. The monoisotopic (exact) mass is 359 g/mol. The molecular weight excluding hydrogens is 334 g/mol. The van der Waals surface area contributed by atoms with E-state index in [2.05, 4.69) is 19.9 Å². The fourth-order valence-electron chi connectivity index (χ4n) is 3.65. The van der Waals surface area contributed by atoms with Crippen LogP contribution in [-0.4, -0.2) is 43.6 Å². The van der Waals surface area contributed by atoms with Gasteiger partial charge in [0.05, 0.1) is 20.3 Å². The van der Waals surface area contributed by atoms with Gasteiger partial charge in [-0.25, -0.2) is 4.79 Å². The van der Waals surface area contributed by atoms with E-state index in [0.717, 1.165) is 11.1 Å². The zero-order valence-electron chi connectivity index (χ0n) is 15.9. The Morgan fingerprint density at radius 3 is 2.69 bits per heavy atom. The van der Waals surface area contributed by atoms with Crippen LogP contribution in [0.25, 0.3) is 5.57 Å². The topological polar surface area (TPSA) is 65.1 Å². The smallest absolute Gasteiger partial charge is 0.333 e. The molecule has 2 heterocycles. The average Bonchev–Trinajstić information content (AvgIpc) is 2.71. The summed E-state index contributed by atoms with van der Waals surface area (Å²) >= 11 is 0. The molecule has 1 unspecified atom stereocenters. The number of carbonyl (C=O) groups is 2. The SMILES string of the molecule is CCOC(=O)C1c2c(OC)ccc3c2C(=CC(C)(C)CO3)CN1C(C)=O. The van der Waals surface area contributed by atoms with Crippen LogP contribution in [0.15, 0.2) is 18.2 Å². The Kier molecular flexibility index (Phi) is 4.69. The normalized spacial score (nSPS) is 20.3. The summed E-state index contributed by atoms with van der Waals surface area (Å²) in [5, 5.41) is 0. The van der Waals surface area contributed by atoms with Crippen LogP contribution in [0.4, 0.5) is 0 Å². The molecule has 0 fully saturated rings. The number of carbonyl (C=O) groups excluding carboxylic acids is 2. The Morgan fingerprint density at radius 2 is 2.08 bits per heavy atom. The zero-order valence-corrected chi connectivity index (χ0v) is 15.9. The highest BCUT2D eigenvalue weighted by molar-refractivity contribution is 5.93. The van der Waals surface area contributed by atoms with Gasteiger partial charge in [0.15, 0.2) is 6.04 Å². The van der Waals surface area contributed by atoms with E-state index >= 15 is 0 Å². The van der Waals surface area contributed by atoms with E-state index in [1.54, 1.807) is 25.0 Å². The van der Waals surface area contributed by atoms with Gasteiger partial charge in [-0.05, 0) is 24.6 Å². The first-order chi connectivity index (χ1) is 12.3. The summed E-state index contributed by atoms with van der Waals surface area (Å²) in [5.74, 6) is 0.596. The molecule has 2 aliphatic heterocycles. The number of ether oxygens (including phenoxy) is 3. The number of benzene rings is 1. The van der Waals surface area contributed by atoms with Crippen molar-refractivity contribution in [2.24, 2.45) is 5.41 Å². The number of nitrogens with zero attached hydrogens (tertiary/aromatic N) is 1. The Hall–Kier alpha value is -2.50. The highest BCUT2D eigenvalue weighted by Crippen LogP contribution is 2.48. The first-order valence-electron chi connectivity index (χ1n) is 8.78. The van der Waals surface area contributed by atoms with Crippen molar-refractivity contribution >= 4 is 17.4 Å². The van der Waals surface area contributed by atoms with Crippen molar-refractivity contribution in [1.82, 2.24) is 4.90 Å². The van der Waals surface area contributed by atoms with Crippen molar-refractivity contribution in [3.05, 3.63) is 29.3 Å². The van der Waals surface area contributed by atoms with Gasteiger partial charge in [-0.3, -0.25) is 4.79 Å². The van der Waals surface area contributed by atoms with Crippen LogP contribution in [0.5, 0.6) is 11.5 Å². The Bertz CT molecular complexity index is 781. The van der Waals surface area contributed by atoms with Crippen molar-refractivity contribution in [2.75, 3.05) is 26.9 Å². The minimum atomic E-state index is -0.848. The largest absolute Gasteiger partial charge is 0.496 e. The molecule has 26 heavy (non-hydrogen) atoms. The molecule has 1 aromatic rings. The van der Waals surface area contributed by atoms with Crippen LogP contribution in [0.2, 0.25) is 0 Å². The van der Waals surface area contributed by atoms with Crippen molar-refractivity contribution < 1.29 is 23.8 Å². The standard InChI is InChI=1S/C20H25NO5/c1-6-25-19(23)18-17-14(24-5)7-8-15-16(17)13(10-21(18)12(2)22)9-20(3,4)11-26-15/h7-9,18H,6,10-11H2,1-5H3. The van der Waals surface area contributed by atoms with Gasteiger partial charge in [-0.2, -0.15) is 0 Å². The lowest BCUT2D eigenvalue weighted by molar-refractivity contribution is -0.154. The Balaban J connectivity index is 2.30. The molecule has 3 rings (SSSR count). The molecule has 140 valence electrons. The van der Waals surface area contributed by atoms with E-state index in [1.807, 2.05) is 6.07 Å². The third-order valence-electron chi connectivity index (χ3n) is 4.71. The fourth-order valence-corrected chi connectivity index (χ4v) is 3.65. The summed E-state index contributed by atoms with van der Waals surface area (Å²) in [4.78, 5) is 26.6. The molecule has 0 radical (unpaired) electrons. The first-order valence-corrected chi connectivity index (χ1v) is 8.78. The summed E-state index contributed by atoms with van der Waals surface area (Å²) < 4.78 is 16.8. The molecule has 1 aromatic carbocycles. The maximum Gasteiger partial charge on any atom is 0.333 e. The van der Waals surface area contributed by atoms with Crippen LogP contribution in [-0.2, 0) is 14.3 Å². The van der Waals surface area contributed by atoms with Gasteiger partial charge >= 0.3 is 5.97 Å². The molecular formula is C20H25NO5. The lowest BCUT2D eigenvalue weighted by Crippen LogP contribution is -2.43. The van der Waals surface area contributed by atoms with Crippen LogP contribution in [0.1, 0.15) is 44.9 Å². The second-order valence-corrected chi connectivity index (χ2v) is 7.30. The second-order valence-electron chi connectivity index (χ2n) is 7.30. The van der Waals surface area contributed by atoms with Crippen molar-refractivity contribution in [3.63, 3.8) is 0 Å². The number of hydrogen-bond donors (Lipinski definition) is 0. The van der Waals surface area contributed by atoms with Crippen molar-refractivity contribution in [1.29, 1.82) is 0 Å². The van der Waals surface area contributed by atoms with Gasteiger partial charge in [0.1, 0.15) is 11.5 Å². The number of esters is 1. The molecule has 0 saturated heterocycles. The van der Waals surface area contributed by atoms with Gasteiger partial charge in [0.25, 0.3) is 0 Å². The van der Waals surface area contributed by atoms with Gasteiger partial charge in [0, 0.05) is 30.0 Å². The summed E-state index contributed by atoms with van der Waals surface area (Å²) in [6.45, 7) is 8.46. The Morgan fingerprint density at radius 1 is 1.35 bits per heavy atom. The second kappa shape index (κ2) is 6.67. The van der Waals surface area contributed by atoms with E-state index in [4.69, 9.17) is 14.2 Å². The number of methoxy groups -OCH3 is 1. The minimum absolute atomic E-state index is 0.190. The molecule has 0 aliphatic carbocycles. The summed E-state index contributed by atoms with van der Waals surface area (Å²) in [7, 11) is 1.55. The number of amides is 1. The van der Waals surface area contributed by atoms with Crippen LogP contribution in [0, 0.1) is 5.41 Å². The lowest BCUT2D eigenvalue weighted by atomic mass is 9.84. The molecule has 2 aliphatic rings. The Labute approximate surface area is 153 Å². The summed E-state index contributed by atoms with van der Waals surface area (Å²) in [5.41, 5.74) is 2.24. The number of rotatable bonds is 3. The van der Waals surface area contributed by atoms with Gasteiger partial charge in [-0.1, -0.05) is 19.9 Å². The van der Waals surface area contributed by atoms with Gasteiger partial charge < -0.3 is 19.1 Å². The van der Waals surface area contributed by atoms with E-state index in [9.17, 15) is 9.59 Å². The molecule has 0 spiro atoms. The van der Waals surface area contributed by atoms with Crippen LogP contribution < -0.4 is 9.47 Å². The van der Waals surface area contributed by atoms with E-state index in [-0.39, 0.29) is 17.9 Å². The summed E-state index contributed by atoms with van der Waals surface area (Å²) in [6.07, 6.45) is 2.12. The third kappa shape index (κ3) is 3.04. The van der Waals surface area contributed by atoms with E-state index in [0.29, 0.717) is 30.2 Å².